The van der Waals surface area contributed by atoms with Crippen LogP contribution in [-0.4, -0.2) is 41.0 Å². The van der Waals surface area contributed by atoms with Gasteiger partial charge in [-0.1, -0.05) is 25.4 Å². The molecule has 0 unspecified atom stereocenters. The minimum Gasteiger partial charge on any atom is -0.480 e. The van der Waals surface area contributed by atoms with E-state index in [1.165, 1.54) is 11.3 Å². The van der Waals surface area contributed by atoms with Gasteiger partial charge >= 0.3 is 5.97 Å². The number of amides is 1. The molecule has 0 aromatic carbocycles. The summed E-state index contributed by atoms with van der Waals surface area (Å²) in [6.07, 6.45) is 0.854. The molecule has 1 aromatic rings. The Labute approximate surface area is 133 Å². The second-order valence-electron chi connectivity index (χ2n) is 4.90. The normalized spacial score (nSPS) is 11.4. The quantitative estimate of drug-likeness (QED) is 0.767. The van der Waals surface area contributed by atoms with Gasteiger partial charge < -0.3 is 10.0 Å². The predicted molar refractivity (Wildman–Crippen MR) is 84.8 cm³/mol. The number of thiophene rings is 1. The standard InChI is InChI=1S/C14H21ClN2O3S/c1-4-14(5-2,13(19)20)16-8-12(18)17(3)9-10-6-7-11(15)21-10/h6-7,16H,4-5,8-9H2,1-3H3,(H,19,20). The van der Waals surface area contributed by atoms with Crippen molar-refractivity contribution in [1.29, 1.82) is 0 Å². The molecule has 0 radical (unpaired) electrons. The molecule has 1 aromatic heterocycles. The number of halogens is 1. The van der Waals surface area contributed by atoms with Crippen molar-refractivity contribution >= 4 is 34.8 Å². The summed E-state index contributed by atoms with van der Waals surface area (Å²) in [5.74, 6) is -1.07. The van der Waals surface area contributed by atoms with E-state index < -0.39 is 11.5 Å². The monoisotopic (exact) mass is 332 g/mol. The Kier molecular flexibility index (Phi) is 6.64. The van der Waals surface area contributed by atoms with Gasteiger partial charge in [-0.2, -0.15) is 0 Å². The second kappa shape index (κ2) is 7.77. The van der Waals surface area contributed by atoms with E-state index in [1.807, 2.05) is 6.07 Å². The van der Waals surface area contributed by atoms with Gasteiger partial charge in [0.1, 0.15) is 5.54 Å². The molecule has 0 saturated heterocycles. The Morgan fingerprint density at radius 1 is 1.38 bits per heavy atom. The Morgan fingerprint density at radius 2 is 2.00 bits per heavy atom. The fraction of sp³-hybridized carbons (Fsp3) is 0.571. The smallest absolute Gasteiger partial charge is 0.323 e. The third-order valence-electron chi connectivity index (χ3n) is 3.64. The predicted octanol–water partition coefficient (Wildman–Crippen LogP) is 2.59. The lowest BCUT2D eigenvalue weighted by Gasteiger charge is -2.29. The number of hydrogen-bond donors (Lipinski definition) is 2. The molecule has 0 aliphatic heterocycles. The van der Waals surface area contributed by atoms with Crippen molar-refractivity contribution in [2.75, 3.05) is 13.6 Å². The molecule has 1 amide bonds. The first kappa shape index (κ1) is 17.9. The van der Waals surface area contributed by atoms with E-state index in [0.717, 1.165) is 4.88 Å². The molecule has 7 heteroatoms. The number of carbonyl (C=O) groups excluding carboxylic acids is 1. The first-order valence-electron chi connectivity index (χ1n) is 6.81. The molecule has 2 N–H and O–H groups in total. The van der Waals surface area contributed by atoms with Crippen LogP contribution in [0.3, 0.4) is 0 Å². The van der Waals surface area contributed by atoms with Gasteiger partial charge in [0.25, 0.3) is 0 Å². The molecule has 118 valence electrons. The maximum absolute atomic E-state index is 12.1. The van der Waals surface area contributed by atoms with Crippen molar-refractivity contribution in [3.05, 3.63) is 21.3 Å². The number of hydrogen-bond acceptors (Lipinski definition) is 4. The van der Waals surface area contributed by atoms with E-state index in [-0.39, 0.29) is 12.5 Å². The Hall–Kier alpha value is -1.11. The summed E-state index contributed by atoms with van der Waals surface area (Å²) in [5.41, 5.74) is -1.04. The Balaban J connectivity index is 2.57. The molecule has 1 rings (SSSR count). The highest BCUT2D eigenvalue weighted by Gasteiger charge is 2.34. The number of nitrogens with zero attached hydrogens (tertiary/aromatic N) is 1. The van der Waals surface area contributed by atoms with Crippen LogP contribution in [0.2, 0.25) is 4.34 Å². The van der Waals surface area contributed by atoms with E-state index >= 15 is 0 Å². The highest BCUT2D eigenvalue weighted by atomic mass is 35.5. The van der Waals surface area contributed by atoms with Crippen LogP contribution in [0.4, 0.5) is 0 Å². The zero-order chi connectivity index (χ0) is 16.0. The fourth-order valence-corrected chi connectivity index (χ4v) is 3.16. The van der Waals surface area contributed by atoms with Gasteiger partial charge in [0, 0.05) is 11.9 Å². The van der Waals surface area contributed by atoms with E-state index in [4.69, 9.17) is 11.6 Å². The van der Waals surface area contributed by atoms with Crippen molar-refractivity contribution in [3.63, 3.8) is 0 Å². The van der Waals surface area contributed by atoms with Crippen LogP contribution in [0.15, 0.2) is 12.1 Å². The highest BCUT2D eigenvalue weighted by molar-refractivity contribution is 7.16. The molecule has 1 heterocycles. The van der Waals surface area contributed by atoms with Crippen LogP contribution in [-0.2, 0) is 16.1 Å². The number of aliphatic carboxylic acids is 1. The molecular weight excluding hydrogens is 312 g/mol. The van der Waals surface area contributed by atoms with E-state index in [9.17, 15) is 14.7 Å². The molecule has 0 aliphatic carbocycles. The summed E-state index contributed by atoms with van der Waals surface area (Å²) in [7, 11) is 1.69. The summed E-state index contributed by atoms with van der Waals surface area (Å²) in [4.78, 5) is 26.0. The highest BCUT2D eigenvalue weighted by Crippen LogP contribution is 2.22. The van der Waals surface area contributed by atoms with Gasteiger partial charge in [-0.15, -0.1) is 11.3 Å². The molecule has 0 aliphatic rings. The van der Waals surface area contributed by atoms with E-state index in [2.05, 4.69) is 5.32 Å². The molecular formula is C14H21ClN2O3S. The van der Waals surface area contributed by atoms with Crippen LogP contribution in [0.25, 0.3) is 0 Å². The van der Waals surface area contributed by atoms with Crippen LogP contribution in [0.1, 0.15) is 31.6 Å². The first-order chi connectivity index (χ1) is 9.84. The largest absolute Gasteiger partial charge is 0.480 e. The third kappa shape index (κ3) is 4.69. The first-order valence-corrected chi connectivity index (χ1v) is 8.00. The van der Waals surface area contributed by atoms with Gasteiger partial charge in [0.15, 0.2) is 0 Å². The van der Waals surface area contributed by atoms with Gasteiger partial charge in [0.05, 0.1) is 17.4 Å². The number of likely N-dealkylation sites (N-methyl/N-ethyl adjacent to an activating group) is 1. The number of nitrogens with one attached hydrogen (secondary N) is 1. The lowest BCUT2D eigenvalue weighted by molar-refractivity contribution is -0.145. The molecule has 0 bridgehead atoms. The van der Waals surface area contributed by atoms with Crippen LogP contribution in [0.5, 0.6) is 0 Å². The van der Waals surface area contributed by atoms with Crippen LogP contribution < -0.4 is 5.32 Å². The van der Waals surface area contributed by atoms with Gasteiger partial charge in [-0.3, -0.25) is 14.9 Å². The maximum Gasteiger partial charge on any atom is 0.323 e. The topological polar surface area (TPSA) is 69.6 Å². The van der Waals surface area contributed by atoms with Gasteiger partial charge in [-0.25, -0.2) is 0 Å². The zero-order valence-corrected chi connectivity index (χ0v) is 14.1. The van der Waals surface area contributed by atoms with Crippen LogP contribution in [0, 0.1) is 0 Å². The molecule has 0 atom stereocenters. The van der Waals surface area contributed by atoms with Crippen molar-refractivity contribution in [2.24, 2.45) is 0 Å². The molecule has 0 fully saturated rings. The lowest BCUT2D eigenvalue weighted by atomic mass is 9.93. The van der Waals surface area contributed by atoms with E-state index in [0.29, 0.717) is 23.7 Å². The average Bonchev–Trinajstić information content (AvgIpc) is 2.85. The summed E-state index contributed by atoms with van der Waals surface area (Å²) < 4.78 is 0.686. The minimum atomic E-state index is -1.04. The Morgan fingerprint density at radius 3 is 2.43 bits per heavy atom. The van der Waals surface area contributed by atoms with E-state index in [1.54, 1.807) is 31.9 Å². The van der Waals surface area contributed by atoms with Crippen molar-refractivity contribution in [2.45, 2.75) is 38.8 Å². The summed E-state index contributed by atoms with van der Waals surface area (Å²) in [6, 6.07) is 3.67. The lowest BCUT2D eigenvalue weighted by Crippen LogP contribution is -2.54. The minimum absolute atomic E-state index is 0.00356. The van der Waals surface area contributed by atoms with Crippen molar-refractivity contribution < 1.29 is 14.7 Å². The summed E-state index contributed by atoms with van der Waals surface area (Å²) in [6.45, 7) is 4.07. The van der Waals surface area contributed by atoms with Crippen molar-refractivity contribution in [3.8, 4) is 0 Å². The number of carboxylic acids is 1. The molecule has 21 heavy (non-hydrogen) atoms. The SMILES string of the molecule is CCC(CC)(NCC(=O)N(C)Cc1ccc(Cl)s1)C(=O)O. The molecule has 5 nitrogen and oxygen atoms in total. The number of carbonyl (C=O) groups is 2. The molecule has 0 spiro atoms. The summed E-state index contributed by atoms with van der Waals surface area (Å²) >= 11 is 7.28. The number of rotatable bonds is 8. The van der Waals surface area contributed by atoms with Crippen molar-refractivity contribution in [1.82, 2.24) is 10.2 Å². The molecule has 0 saturated carbocycles. The van der Waals surface area contributed by atoms with Gasteiger partial charge in [0.2, 0.25) is 5.91 Å². The van der Waals surface area contributed by atoms with Crippen LogP contribution >= 0.6 is 22.9 Å². The Bertz CT molecular complexity index is 500. The number of carboxylic acid groups (broad SMARTS) is 1. The maximum atomic E-state index is 12.1. The third-order valence-corrected chi connectivity index (χ3v) is 4.86. The zero-order valence-electron chi connectivity index (χ0n) is 12.5. The second-order valence-corrected chi connectivity index (χ2v) is 6.70. The average molecular weight is 333 g/mol. The fourth-order valence-electron chi connectivity index (χ4n) is 2.02. The summed E-state index contributed by atoms with van der Waals surface area (Å²) in [5, 5.41) is 12.2. The van der Waals surface area contributed by atoms with Gasteiger partial charge in [-0.05, 0) is 25.0 Å².